The number of pyridine rings is 1. The molecule has 0 radical (unpaired) electrons. The van der Waals surface area contributed by atoms with Gasteiger partial charge in [-0.15, -0.1) is 0 Å². The van der Waals surface area contributed by atoms with Gasteiger partial charge in [0.1, 0.15) is 5.69 Å². The second-order valence-corrected chi connectivity index (χ2v) is 4.40. The van der Waals surface area contributed by atoms with E-state index < -0.39 is 15.8 Å². The first kappa shape index (κ1) is 9.66. The van der Waals surface area contributed by atoms with Crippen molar-refractivity contribution in [2.45, 2.75) is 5.03 Å². The molecule has 0 aliphatic heterocycles. The third kappa shape index (κ3) is 2.25. The molecule has 1 aromatic rings. The van der Waals surface area contributed by atoms with Crippen LogP contribution in [0, 0.1) is 0 Å². The lowest BCUT2D eigenvalue weighted by atomic mass is 10.4. The van der Waals surface area contributed by atoms with Gasteiger partial charge in [0.05, 0.1) is 0 Å². The molecule has 0 atom stereocenters. The highest BCUT2D eigenvalue weighted by Crippen LogP contribution is 2.05. The van der Waals surface area contributed by atoms with Crippen LogP contribution in [0.3, 0.4) is 0 Å². The van der Waals surface area contributed by atoms with Crippen LogP contribution in [0.15, 0.2) is 23.2 Å². The maximum absolute atomic E-state index is 11.0. The molecule has 1 aromatic heterocycles. The molecule has 1 N–H and O–H groups in total. The largest absolute Gasteiger partial charge is 0.477 e. The van der Waals surface area contributed by atoms with Gasteiger partial charge in [0.25, 0.3) is 0 Å². The summed E-state index contributed by atoms with van der Waals surface area (Å²) in [5.74, 6) is -1.24. The second kappa shape index (κ2) is 3.14. The van der Waals surface area contributed by atoms with Crippen LogP contribution >= 0.6 is 0 Å². The molecule has 0 amide bonds. The van der Waals surface area contributed by atoms with Crippen molar-refractivity contribution in [3.63, 3.8) is 0 Å². The first-order valence-electron chi connectivity index (χ1n) is 3.31. The van der Waals surface area contributed by atoms with Crippen LogP contribution in [0.2, 0.25) is 0 Å². The summed E-state index contributed by atoms with van der Waals surface area (Å²) in [6, 6.07) is 3.83. The number of carboxylic acid groups (broad SMARTS) is 1. The molecule has 0 aromatic carbocycles. The molecular formula is C7H7NO4S. The molecule has 1 heterocycles. The minimum absolute atomic E-state index is 0.229. The van der Waals surface area contributed by atoms with Gasteiger partial charge in [-0.25, -0.2) is 18.2 Å². The van der Waals surface area contributed by atoms with Crippen molar-refractivity contribution in [2.24, 2.45) is 0 Å². The first-order chi connectivity index (χ1) is 5.91. The minimum Gasteiger partial charge on any atom is -0.477 e. The van der Waals surface area contributed by atoms with Crippen molar-refractivity contribution in [3.05, 3.63) is 23.9 Å². The number of nitrogens with zero attached hydrogens (tertiary/aromatic N) is 1. The number of rotatable bonds is 2. The van der Waals surface area contributed by atoms with Crippen molar-refractivity contribution in [2.75, 3.05) is 6.26 Å². The summed E-state index contributed by atoms with van der Waals surface area (Å²) in [7, 11) is -3.43. The summed E-state index contributed by atoms with van der Waals surface area (Å²) in [5, 5.41) is 8.29. The van der Waals surface area contributed by atoms with E-state index in [4.69, 9.17) is 5.11 Å². The molecule has 70 valence electrons. The lowest BCUT2D eigenvalue weighted by Gasteiger charge is -1.97. The number of hydrogen-bond donors (Lipinski definition) is 1. The van der Waals surface area contributed by atoms with Crippen molar-refractivity contribution in [3.8, 4) is 0 Å². The molecule has 1 rings (SSSR count). The predicted molar refractivity (Wildman–Crippen MR) is 44.3 cm³/mol. The summed E-state index contributed by atoms with van der Waals surface area (Å²) in [6.45, 7) is 0. The van der Waals surface area contributed by atoms with E-state index in [0.29, 0.717) is 0 Å². The summed E-state index contributed by atoms with van der Waals surface area (Å²) >= 11 is 0. The Kier molecular flexibility index (Phi) is 2.33. The van der Waals surface area contributed by atoms with E-state index in [0.717, 1.165) is 6.26 Å². The number of sulfone groups is 1. The molecule has 6 heteroatoms. The molecule has 0 fully saturated rings. The molecule has 0 saturated carbocycles. The normalized spacial score (nSPS) is 11.2. The summed E-state index contributed by atoms with van der Waals surface area (Å²) in [5.41, 5.74) is -0.275. The zero-order valence-corrected chi connectivity index (χ0v) is 7.58. The molecule has 0 aliphatic rings. The van der Waals surface area contributed by atoms with E-state index in [9.17, 15) is 13.2 Å². The van der Waals surface area contributed by atoms with Crippen molar-refractivity contribution in [1.82, 2.24) is 4.98 Å². The average Bonchev–Trinajstić information content (AvgIpc) is 2.03. The molecule has 0 bridgehead atoms. The quantitative estimate of drug-likeness (QED) is 0.738. The fraction of sp³-hybridized carbons (Fsp3) is 0.143. The smallest absolute Gasteiger partial charge is 0.354 e. The van der Waals surface area contributed by atoms with E-state index in [1.54, 1.807) is 0 Å². The third-order valence-electron chi connectivity index (χ3n) is 1.32. The fourth-order valence-electron chi connectivity index (χ4n) is 0.740. The van der Waals surface area contributed by atoms with Crippen LogP contribution in [-0.2, 0) is 9.84 Å². The van der Waals surface area contributed by atoms with Crippen molar-refractivity contribution in [1.29, 1.82) is 0 Å². The lowest BCUT2D eigenvalue weighted by Crippen LogP contribution is -2.06. The van der Waals surface area contributed by atoms with Crippen LogP contribution in [-0.4, -0.2) is 30.7 Å². The van der Waals surface area contributed by atoms with Crippen molar-refractivity contribution >= 4 is 15.8 Å². The first-order valence-corrected chi connectivity index (χ1v) is 5.21. The molecule has 0 spiro atoms. The van der Waals surface area contributed by atoms with Gasteiger partial charge < -0.3 is 5.11 Å². The summed E-state index contributed by atoms with van der Waals surface area (Å²) in [6.07, 6.45) is 0.973. The molecule has 0 unspecified atom stereocenters. The predicted octanol–water partition coefficient (Wildman–Crippen LogP) is 0.183. The minimum atomic E-state index is -3.43. The average molecular weight is 201 g/mol. The van der Waals surface area contributed by atoms with E-state index in [1.165, 1.54) is 18.2 Å². The summed E-state index contributed by atoms with van der Waals surface area (Å²) in [4.78, 5) is 13.9. The molecule has 13 heavy (non-hydrogen) atoms. The fourth-order valence-corrected chi connectivity index (χ4v) is 1.33. The molecule has 0 saturated heterocycles. The van der Waals surface area contributed by atoms with E-state index in [2.05, 4.69) is 4.98 Å². The van der Waals surface area contributed by atoms with Gasteiger partial charge in [0.2, 0.25) is 0 Å². The Morgan fingerprint density at radius 2 is 2.08 bits per heavy atom. The van der Waals surface area contributed by atoms with E-state index in [-0.39, 0.29) is 10.7 Å². The number of aromatic nitrogens is 1. The molecule has 5 nitrogen and oxygen atoms in total. The van der Waals surface area contributed by atoms with Gasteiger partial charge in [-0.3, -0.25) is 0 Å². The lowest BCUT2D eigenvalue weighted by molar-refractivity contribution is 0.0689. The van der Waals surface area contributed by atoms with Crippen LogP contribution in [0.4, 0.5) is 0 Å². The van der Waals surface area contributed by atoms with Gasteiger partial charge in [0.15, 0.2) is 14.9 Å². The molecular weight excluding hydrogens is 194 g/mol. The highest BCUT2D eigenvalue weighted by atomic mass is 32.2. The van der Waals surface area contributed by atoms with Gasteiger partial charge in [-0.1, -0.05) is 6.07 Å². The summed E-state index contributed by atoms with van der Waals surface area (Å²) < 4.78 is 21.9. The zero-order chi connectivity index (χ0) is 10.1. The van der Waals surface area contributed by atoms with Crippen LogP contribution < -0.4 is 0 Å². The Morgan fingerprint density at radius 3 is 2.54 bits per heavy atom. The third-order valence-corrected chi connectivity index (χ3v) is 2.31. The number of aromatic carboxylic acids is 1. The van der Waals surface area contributed by atoms with Crippen LogP contribution in [0.25, 0.3) is 0 Å². The Labute approximate surface area is 75.0 Å². The highest BCUT2D eigenvalue weighted by molar-refractivity contribution is 7.90. The number of carbonyl (C=O) groups is 1. The topological polar surface area (TPSA) is 84.3 Å². The Hall–Kier alpha value is -1.43. The number of carboxylic acids is 1. The second-order valence-electron chi connectivity index (χ2n) is 2.44. The standard InChI is InChI=1S/C7H7NO4S/c1-13(11,12)6-4-2-3-5(8-6)7(9)10/h2-4H,1H3,(H,9,10). The molecule has 0 aliphatic carbocycles. The van der Waals surface area contributed by atoms with Gasteiger partial charge in [-0.05, 0) is 12.1 Å². The maximum Gasteiger partial charge on any atom is 0.354 e. The van der Waals surface area contributed by atoms with Crippen molar-refractivity contribution < 1.29 is 18.3 Å². The number of hydrogen-bond acceptors (Lipinski definition) is 4. The van der Waals surface area contributed by atoms with Gasteiger partial charge >= 0.3 is 5.97 Å². The van der Waals surface area contributed by atoms with Gasteiger partial charge in [0, 0.05) is 6.26 Å². The Balaban J connectivity index is 3.29. The maximum atomic E-state index is 11.0. The zero-order valence-electron chi connectivity index (χ0n) is 6.76. The van der Waals surface area contributed by atoms with Gasteiger partial charge in [-0.2, -0.15) is 0 Å². The Bertz CT molecular complexity index is 438. The monoisotopic (exact) mass is 201 g/mol. The SMILES string of the molecule is CS(=O)(=O)c1cccc(C(=O)O)n1. The van der Waals surface area contributed by atoms with E-state index >= 15 is 0 Å². The highest BCUT2D eigenvalue weighted by Gasteiger charge is 2.11. The Morgan fingerprint density at radius 1 is 1.46 bits per heavy atom. The van der Waals surface area contributed by atoms with Crippen LogP contribution in [0.5, 0.6) is 0 Å². The van der Waals surface area contributed by atoms with E-state index in [1.807, 2.05) is 0 Å². The van der Waals surface area contributed by atoms with Crippen LogP contribution in [0.1, 0.15) is 10.5 Å².